The summed E-state index contributed by atoms with van der Waals surface area (Å²) in [4.78, 5) is 0. The fourth-order valence-electron chi connectivity index (χ4n) is 1.60. The molecule has 0 amide bonds. The maximum absolute atomic E-state index is 14.7. The average Bonchev–Trinajstić information content (AvgIpc) is 2.19. The molecule has 4 heteroatoms. The Bertz CT molecular complexity index is 384. The van der Waals surface area contributed by atoms with Gasteiger partial charge in [-0.3, -0.25) is 0 Å². The molecule has 0 radical (unpaired) electrons. The molecule has 1 aromatic carbocycles. The Balaban J connectivity index is 3.29. The third-order valence-corrected chi connectivity index (χ3v) is 2.85. The van der Waals surface area contributed by atoms with Crippen molar-refractivity contribution in [3.05, 3.63) is 35.4 Å². The number of halogens is 3. The first-order valence-corrected chi connectivity index (χ1v) is 5.07. The van der Waals surface area contributed by atoms with E-state index in [9.17, 15) is 13.2 Å². The second kappa shape index (κ2) is 4.09. The molecule has 1 rings (SSSR count). The summed E-state index contributed by atoms with van der Waals surface area (Å²) in [6.07, 6.45) is 0. The van der Waals surface area contributed by atoms with Crippen LogP contribution in [0.3, 0.4) is 0 Å². The minimum atomic E-state index is -1.87. The van der Waals surface area contributed by atoms with Gasteiger partial charge >= 0.3 is 0 Å². The van der Waals surface area contributed by atoms with Crippen molar-refractivity contribution in [2.75, 3.05) is 6.54 Å². The van der Waals surface area contributed by atoms with Gasteiger partial charge in [0.2, 0.25) is 0 Å². The van der Waals surface area contributed by atoms with Gasteiger partial charge in [0, 0.05) is 12.0 Å². The molecule has 90 valence electrons. The molecule has 1 nitrogen and oxygen atoms in total. The number of rotatable bonds is 2. The van der Waals surface area contributed by atoms with Crippen molar-refractivity contribution in [3.63, 3.8) is 0 Å². The van der Waals surface area contributed by atoms with Gasteiger partial charge in [0.1, 0.15) is 0 Å². The van der Waals surface area contributed by atoms with E-state index in [0.29, 0.717) is 0 Å². The number of nitrogens with two attached hydrogens (primary N) is 1. The monoisotopic (exact) mass is 231 g/mol. The van der Waals surface area contributed by atoms with E-state index in [1.54, 1.807) is 20.8 Å². The fraction of sp³-hybridized carbons (Fsp3) is 0.500. The molecule has 0 aliphatic carbocycles. The van der Waals surface area contributed by atoms with Crippen LogP contribution in [0.1, 0.15) is 26.3 Å². The first-order chi connectivity index (χ1) is 7.22. The SMILES string of the molecule is CC(C)(C)C(F)(CN)c1ccc(F)c(F)c1. The van der Waals surface area contributed by atoms with Crippen LogP contribution in [-0.4, -0.2) is 6.54 Å². The Kier molecular flexibility index (Phi) is 3.33. The third-order valence-electron chi connectivity index (χ3n) is 2.85. The zero-order valence-electron chi connectivity index (χ0n) is 9.65. The normalized spacial score (nSPS) is 15.9. The minimum absolute atomic E-state index is 0.0707. The van der Waals surface area contributed by atoms with Crippen LogP contribution in [0.4, 0.5) is 13.2 Å². The van der Waals surface area contributed by atoms with Gasteiger partial charge in [0.15, 0.2) is 17.3 Å². The number of hydrogen-bond acceptors (Lipinski definition) is 1. The summed E-state index contributed by atoms with van der Waals surface area (Å²) >= 11 is 0. The van der Waals surface area contributed by atoms with Gasteiger partial charge in [-0.25, -0.2) is 13.2 Å². The molecule has 0 aromatic heterocycles. The second-order valence-corrected chi connectivity index (χ2v) is 4.88. The molecule has 0 spiro atoms. The molecule has 1 atom stereocenters. The smallest absolute Gasteiger partial charge is 0.159 e. The van der Waals surface area contributed by atoms with Gasteiger partial charge in [-0.05, 0) is 17.7 Å². The Morgan fingerprint density at radius 3 is 2.06 bits per heavy atom. The summed E-state index contributed by atoms with van der Waals surface area (Å²) in [5.41, 5.74) is 2.83. The number of hydrogen-bond donors (Lipinski definition) is 1. The van der Waals surface area contributed by atoms with Crippen molar-refractivity contribution < 1.29 is 13.2 Å². The van der Waals surface area contributed by atoms with Crippen molar-refractivity contribution in [1.29, 1.82) is 0 Å². The van der Waals surface area contributed by atoms with Gasteiger partial charge in [0.05, 0.1) is 0 Å². The topological polar surface area (TPSA) is 26.0 Å². The minimum Gasteiger partial charge on any atom is -0.327 e. The Labute approximate surface area is 93.5 Å². The van der Waals surface area contributed by atoms with Crippen molar-refractivity contribution in [1.82, 2.24) is 0 Å². The molecular weight excluding hydrogens is 215 g/mol. The lowest BCUT2D eigenvalue weighted by Crippen LogP contribution is -2.42. The van der Waals surface area contributed by atoms with Gasteiger partial charge in [-0.15, -0.1) is 0 Å². The predicted octanol–water partition coefficient (Wildman–Crippen LogP) is 3.13. The van der Waals surface area contributed by atoms with Crippen LogP contribution < -0.4 is 5.73 Å². The molecule has 16 heavy (non-hydrogen) atoms. The Morgan fingerprint density at radius 1 is 1.12 bits per heavy atom. The molecule has 0 heterocycles. The van der Waals surface area contributed by atoms with Gasteiger partial charge < -0.3 is 5.73 Å². The average molecular weight is 231 g/mol. The highest BCUT2D eigenvalue weighted by Crippen LogP contribution is 2.42. The van der Waals surface area contributed by atoms with Crippen LogP contribution in [-0.2, 0) is 5.67 Å². The van der Waals surface area contributed by atoms with Crippen molar-refractivity contribution in [2.24, 2.45) is 11.1 Å². The van der Waals surface area contributed by atoms with Crippen molar-refractivity contribution >= 4 is 0 Å². The van der Waals surface area contributed by atoms with Crippen LogP contribution in [0.15, 0.2) is 18.2 Å². The maximum atomic E-state index is 14.7. The molecular formula is C12H16F3N. The summed E-state index contributed by atoms with van der Waals surface area (Å²) in [7, 11) is 0. The molecule has 0 aliphatic rings. The molecule has 1 unspecified atom stereocenters. The first kappa shape index (κ1) is 13.0. The predicted molar refractivity (Wildman–Crippen MR) is 57.7 cm³/mol. The van der Waals surface area contributed by atoms with Crippen LogP contribution in [0.25, 0.3) is 0 Å². The van der Waals surface area contributed by atoms with E-state index in [1.165, 1.54) is 6.07 Å². The van der Waals surface area contributed by atoms with Crippen LogP contribution in [0, 0.1) is 17.0 Å². The summed E-state index contributed by atoms with van der Waals surface area (Å²) in [6, 6.07) is 3.02. The van der Waals surface area contributed by atoms with E-state index in [-0.39, 0.29) is 12.1 Å². The van der Waals surface area contributed by atoms with Crippen LogP contribution >= 0.6 is 0 Å². The zero-order valence-corrected chi connectivity index (χ0v) is 9.65. The molecule has 0 fully saturated rings. The highest BCUT2D eigenvalue weighted by Gasteiger charge is 2.43. The molecule has 0 aliphatic heterocycles. The van der Waals surface area contributed by atoms with Crippen molar-refractivity contribution in [3.8, 4) is 0 Å². The quantitative estimate of drug-likeness (QED) is 0.831. The third kappa shape index (κ3) is 2.07. The standard InChI is InChI=1S/C12H16F3N/c1-11(2,3)12(15,7-16)8-4-5-9(13)10(14)6-8/h4-6H,7,16H2,1-3H3. The molecule has 1 aromatic rings. The van der Waals surface area contributed by atoms with E-state index in [2.05, 4.69) is 0 Å². The largest absolute Gasteiger partial charge is 0.327 e. The lowest BCUT2D eigenvalue weighted by Gasteiger charge is -2.37. The van der Waals surface area contributed by atoms with Crippen LogP contribution in [0.5, 0.6) is 0 Å². The van der Waals surface area contributed by atoms with Crippen molar-refractivity contribution in [2.45, 2.75) is 26.4 Å². The molecule has 0 bridgehead atoms. The Hall–Kier alpha value is -1.03. The van der Waals surface area contributed by atoms with E-state index in [0.717, 1.165) is 12.1 Å². The molecule has 0 saturated carbocycles. The summed E-state index contributed by atoms with van der Waals surface area (Å²) < 4.78 is 40.5. The lowest BCUT2D eigenvalue weighted by molar-refractivity contribution is 0.0339. The maximum Gasteiger partial charge on any atom is 0.159 e. The lowest BCUT2D eigenvalue weighted by atomic mass is 9.73. The Morgan fingerprint density at radius 2 is 1.69 bits per heavy atom. The summed E-state index contributed by atoms with van der Waals surface area (Å²) in [5.74, 6) is -2.05. The zero-order chi connectivity index (χ0) is 12.6. The molecule has 2 N–H and O–H groups in total. The first-order valence-electron chi connectivity index (χ1n) is 5.07. The van der Waals surface area contributed by atoms with E-state index in [4.69, 9.17) is 5.73 Å². The molecule has 0 saturated heterocycles. The van der Waals surface area contributed by atoms with E-state index in [1.807, 2.05) is 0 Å². The van der Waals surface area contributed by atoms with Gasteiger partial charge in [-0.2, -0.15) is 0 Å². The highest BCUT2D eigenvalue weighted by molar-refractivity contribution is 5.27. The van der Waals surface area contributed by atoms with Gasteiger partial charge in [-0.1, -0.05) is 26.8 Å². The van der Waals surface area contributed by atoms with Gasteiger partial charge in [0.25, 0.3) is 0 Å². The number of alkyl halides is 1. The second-order valence-electron chi connectivity index (χ2n) is 4.88. The van der Waals surface area contributed by atoms with Crippen LogP contribution in [0.2, 0.25) is 0 Å². The summed E-state index contributed by atoms with van der Waals surface area (Å²) in [6.45, 7) is 4.73. The van der Waals surface area contributed by atoms with E-state index >= 15 is 0 Å². The fourth-order valence-corrected chi connectivity index (χ4v) is 1.60. The summed E-state index contributed by atoms with van der Waals surface area (Å²) in [5, 5.41) is 0. The highest BCUT2D eigenvalue weighted by atomic mass is 19.2. The van der Waals surface area contributed by atoms with E-state index < -0.39 is 22.7 Å². The number of benzene rings is 1.